The molecule has 1 heterocycles. The van der Waals surface area contributed by atoms with E-state index in [0.29, 0.717) is 0 Å². The van der Waals surface area contributed by atoms with Gasteiger partial charge < -0.3 is 5.11 Å². The number of aromatic nitrogens is 1. The molecule has 114 valence electrons. The lowest BCUT2D eigenvalue weighted by Gasteiger charge is -2.19. The van der Waals surface area contributed by atoms with Gasteiger partial charge in [-0.2, -0.15) is 0 Å². The molecule has 3 heteroatoms. The molecule has 1 aromatic heterocycles. The molecule has 1 aromatic carbocycles. The molecule has 2 aromatic rings. The highest BCUT2D eigenvalue weighted by Crippen LogP contribution is 2.35. The average Bonchev–Trinajstić information content (AvgIpc) is 2.82. The predicted octanol–water partition coefficient (Wildman–Crippen LogP) is 4.90. The molecule has 0 aliphatic rings. The number of benzene rings is 1. The van der Waals surface area contributed by atoms with E-state index >= 15 is 0 Å². The second-order valence-electron chi connectivity index (χ2n) is 7.53. The van der Waals surface area contributed by atoms with Crippen LogP contribution in [0.5, 0.6) is 0 Å². The van der Waals surface area contributed by atoms with Gasteiger partial charge in [0.2, 0.25) is 0 Å². The highest BCUT2D eigenvalue weighted by Gasteiger charge is 2.23. The standard InChI is InChI=1S/C18H25NOS/c1-17(2,3)13-9-7-12(8-10-13)16-19-15(18(4,5)6)14(11-20)21-16/h7-10,20H,11H2,1-6H3. The van der Waals surface area contributed by atoms with Gasteiger partial charge in [-0.1, -0.05) is 65.8 Å². The van der Waals surface area contributed by atoms with Crippen LogP contribution in [0, 0.1) is 0 Å². The fourth-order valence-corrected chi connectivity index (χ4v) is 3.42. The Labute approximate surface area is 131 Å². The molecular formula is C18H25NOS. The second-order valence-corrected chi connectivity index (χ2v) is 8.61. The summed E-state index contributed by atoms with van der Waals surface area (Å²) in [4.78, 5) is 5.74. The molecule has 0 saturated heterocycles. The summed E-state index contributed by atoms with van der Waals surface area (Å²) in [5, 5.41) is 10.6. The highest BCUT2D eigenvalue weighted by molar-refractivity contribution is 7.15. The van der Waals surface area contributed by atoms with E-state index in [2.05, 4.69) is 65.8 Å². The zero-order valence-corrected chi connectivity index (χ0v) is 14.6. The number of aliphatic hydroxyl groups excluding tert-OH is 1. The third-order valence-corrected chi connectivity index (χ3v) is 4.64. The lowest BCUT2D eigenvalue weighted by molar-refractivity contribution is 0.282. The largest absolute Gasteiger partial charge is 0.391 e. The zero-order valence-electron chi connectivity index (χ0n) is 13.8. The molecule has 0 spiro atoms. The smallest absolute Gasteiger partial charge is 0.123 e. The minimum absolute atomic E-state index is 0.0435. The first-order valence-electron chi connectivity index (χ1n) is 7.35. The normalized spacial score (nSPS) is 12.7. The van der Waals surface area contributed by atoms with Crippen molar-refractivity contribution >= 4 is 11.3 Å². The Balaban J connectivity index is 2.41. The monoisotopic (exact) mass is 303 g/mol. The Kier molecular flexibility index (Phi) is 4.27. The maximum Gasteiger partial charge on any atom is 0.123 e. The molecule has 0 aliphatic heterocycles. The Morgan fingerprint density at radius 1 is 0.952 bits per heavy atom. The molecule has 0 amide bonds. The summed E-state index contributed by atoms with van der Waals surface area (Å²) in [6, 6.07) is 8.61. The number of rotatable bonds is 2. The van der Waals surface area contributed by atoms with Crippen LogP contribution in [-0.2, 0) is 17.4 Å². The maximum absolute atomic E-state index is 9.56. The van der Waals surface area contributed by atoms with Crippen LogP contribution in [0.25, 0.3) is 10.6 Å². The van der Waals surface area contributed by atoms with E-state index in [9.17, 15) is 5.11 Å². The lowest BCUT2D eigenvalue weighted by Crippen LogP contribution is -2.14. The molecule has 0 radical (unpaired) electrons. The fraction of sp³-hybridized carbons (Fsp3) is 0.500. The van der Waals surface area contributed by atoms with E-state index < -0.39 is 0 Å². The van der Waals surface area contributed by atoms with Crippen molar-refractivity contribution < 1.29 is 5.11 Å². The van der Waals surface area contributed by atoms with Gasteiger partial charge in [0.05, 0.1) is 17.2 Å². The maximum atomic E-state index is 9.56. The zero-order chi connectivity index (χ0) is 15.8. The van der Waals surface area contributed by atoms with Gasteiger partial charge in [0, 0.05) is 11.0 Å². The summed E-state index contributed by atoms with van der Waals surface area (Å²) in [5.41, 5.74) is 3.57. The molecule has 21 heavy (non-hydrogen) atoms. The molecular weight excluding hydrogens is 278 g/mol. The van der Waals surface area contributed by atoms with Gasteiger partial charge in [-0.3, -0.25) is 0 Å². The third kappa shape index (κ3) is 3.53. The second kappa shape index (κ2) is 5.54. The molecule has 0 aliphatic carbocycles. The number of aliphatic hydroxyl groups is 1. The van der Waals surface area contributed by atoms with Crippen molar-refractivity contribution in [2.45, 2.75) is 59.0 Å². The summed E-state index contributed by atoms with van der Waals surface area (Å²) >= 11 is 1.59. The Morgan fingerprint density at radius 2 is 1.52 bits per heavy atom. The predicted molar refractivity (Wildman–Crippen MR) is 90.9 cm³/mol. The first-order chi connectivity index (χ1) is 9.63. The Morgan fingerprint density at radius 3 is 1.90 bits per heavy atom. The van der Waals surface area contributed by atoms with Gasteiger partial charge in [-0.25, -0.2) is 4.98 Å². The number of hydrogen-bond acceptors (Lipinski definition) is 3. The summed E-state index contributed by atoms with van der Waals surface area (Å²) in [7, 11) is 0. The van der Waals surface area contributed by atoms with E-state index in [4.69, 9.17) is 4.98 Å². The van der Waals surface area contributed by atoms with Crippen molar-refractivity contribution in [2.75, 3.05) is 0 Å². The van der Waals surface area contributed by atoms with E-state index in [0.717, 1.165) is 21.1 Å². The number of hydrogen-bond donors (Lipinski definition) is 1. The van der Waals surface area contributed by atoms with Crippen LogP contribution in [0.4, 0.5) is 0 Å². The molecule has 0 saturated carbocycles. The lowest BCUT2D eigenvalue weighted by atomic mass is 9.87. The quantitative estimate of drug-likeness (QED) is 0.856. The molecule has 0 unspecified atom stereocenters. The molecule has 2 nitrogen and oxygen atoms in total. The number of thiazole rings is 1. The van der Waals surface area contributed by atoms with Crippen LogP contribution in [0.3, 0.4) is 0 Å². The Bertz CT molecular complexity index is 612. The molecule has 0 bridgehead atoms. The van der Waals surface area contributed by atoms with Crippen molar-refractivity contribution in [3.8, 4) is 10.6 Å². The van der Waals surface area contributed by atoms with E-state index in [1.54, 1.807) is 11.3 Å². The van der Waals surface area contributed by atoms with Gasteiger partial charge in [-0.15, -0.1) is 11.3 Å². The van der Waals surface area contributed by atoms with Gasteiger partial charge in [0.25, 0.3) is 0 Å². The van der Waals surface area contributed by atoms with Gasteiger partial charge in [0.1, 0.15) is 5.01 Å². The minimum Gasteiger partial charge on any atom is -0.391 e. The number of nitrogens with zero attached hydrogens (tertiary/aromatic N) is 1. The van der Waals surface area contributed by atoms with Crippen molar-refractivity contribution in [3.63, 3.8) is 0 Å². The molecule has 1 N–H and O–H groups in total. The van der Waals surface area contributed by atoms with Crippen LogP contribution in [0.15, 0.2) is 24.3 Å². The molecule has 0 atom stereocenters. The van der Waals surface area contributed by atoms with E-state index in [-0.39, 0.29) is 17.4 Å². The van der Waals surface area contributed by atoms with Crippen molar-refractivity contribution in [3.05, 3.63) is 40.4 Å². The van der Waals surface area contributed by atoms with E-state index in [1.807, 2.05) is 0 Å². The summed E-state index contributed by atoms with van der Waals surface area (Å²) < 4.78 is 0. The van der Waals surface area contributed by atoms with Crippen LogP contribution >= 0.6 is 11.3 Å². The summed E-state index contributed by atoms with van der Waals surface area (Å²) in [6.45, 7) is 13.1. The van der Waals surface area contributed by atoms with Crippen LogP contribution < -0.4 is 0 Å². The van der Waals surface area contributed by atoms with Crippen molar-refractivity contribution in [1.82, 2.24) is 4.98 Å². The van der Waals surface area contributed by atoms with Gasteiger partial charge >= 0.3 is 0 Å². The molecule has 0 fully saturated rings. The first-order valence-corrected chi connectivity index (χ1v) is 8.16. The summed E-state index contributed by atoms with van der Waals surface area (Å²) in [6.07, 6.45) is 0. The van der Waals surface area contributed by atoms with Crippen LogP contribution in [0.2, 0.25) is 0 Å². The van der Waals surface area contributed by atoms with Crippen LogP contribution in [0.1, 0.15) is 57.7 Å². The van der Waals surface area contributed by atoms with Crippen molar-refractivity contribution in [2.24, 2.45) is 0 Å². The van der Waals surface area contributed by atoms with Gasteiger partial charge in [-0.05, 0) is 11.0 Å². The topological polar surface area (TPSA) is 33.1 Å². The van der Waals surface area contributed by atoms with Crippen molar-refractivity contribution in [1.29, 1.82) is 0 Å². The average molecular weight is 303 g/mol. The van der Waals surface area contributed by atoms with E-state index in [1.165, 1.54) is 5.56 Å². The highest BCUT2D eigenvalue weighted by atomic mass is 32.1. The SMILES string of the molecule is CC(C)(C)c1ccc(-c2nc(C(C)(C)C)c(CO)s2)cc1. The van der Waals surface area contributed by atoms with Gasteiger partial charge in [0.15, 0.2) is 0 Å². The first kappa shape index (κ1) is 16.2. The summed E-state index contributed by atoms with van der Waals surface area (Å²) in [5.74, 6) is 0. The molecule has 2 rings (SSSR count). The van der Waals surface area contributed by atoms with Crippen LogP contribution in [-0.4, -0.2) is 10.1 Å². The minimum atomic E-state index is -0.0435. The third-order valence-electron chi connectivity index (χ3n) is 3.55. The fourth-order valence-electron chi connectivity index (χ4n) is 2.28. The Hall–Kier alpha value is -1.19.